The standard InChI is InChI=1S/C15H21NO4/c1-15(2,3)12-6-4-11(5-7-12)14(19)16-8-9-20-10-13(17)18/h4-7H,8-10H2,1-3H3,(H,16,19)(H,17,18). The van der Waals surface area contributed by atoms with Crippen LogP contribution < -0.4 is 5.32 Å². The molecule has 0 unspecified atom stereocenters. The smallest absolute Gasteiger partial charge is 0.329 e. The van der Waals surface area contributed by atoms with Gasteiger partial charge in [0.2, 0.25) is 0 Å². The Labute approximate surface area is 118 Å². The van der Waals surface area contributed by atoms with Crippen LogP contribution in [0.4, 0.5) is 0 Å². The lowest BCUT2D eigenvalue weighted by molar-refractivity contribution is -0.142. The first kappa shape index (κ1) is 16.2. The fourth-order valence-corrected chi connectivity index (χ4v) is 1.62. The molecule has 20 heavy (non-hydrogen) atoms. The lowest BCUT2D eigenvalue weighted by Gasteiger charge is -2.19. The highest BCUT2D eigenvalue weighted by atomic mass is 16.5. The molecule has 5 nitrogen and oxygen atoms in total. The summed E-state index contributed by atoms with van der Waals surface area (Å²) in [5.74, 6) is -1.21. The fourth-order valence-electron chi connectivity index (χ4n) is 1.62. The van der Waals surface area contributed by atoms with E-state index in [1.54, 1.807) is 12.1 Å². The van der Waals surface area contributed by atoms with Crippen LogP contribution >= 0.6 is 0 Å². The summed E-state index contributed by atoms with van der Waals surface area (Å²) in [5.41, 5.74) is 1.80. The van der Waals surface area contributed by atoms with E-state index in [4.69, 9.17) is 9.84 Å². The van der Waals surface area contributed by atoms with Crippen molar-refractivity contribution in [2.24, 2.45) is 0 Å². The Morgan fingerprint density at radius 1 is 1.20 bits per heavy atom. The number of rotatable bonds is 6. The predicted octanol–water partition coefficient (Wildman–Crippen LogP) is 1.82. The van der Waals surface area contributed by atoms with Gasteiger partial charge in [0.1, 0.15) is 6.61 Å². The molecule has 2 N–H and O–H groups in total. The quantitative estimate of drug-likeness (QED) is 0.779. The van der Waals surface area contributed by atoms with Crippen LogP contribution in [0.2, 0.25) is 0 Å². The molecule has 1 rings (SSSR count). The van der Waals surface area contributed by atoms with Crippen LogP contribution in [-0.4, -0.2) is 36.7 Å². The van der Waals surface area contributed by atoms with E-state index >= 15 is 0 Å². The van der Waals surface area contributed by atoms with Gasteiger partial charge in [-0.25, -0.2) is 4.79 Å². The summed E-state index contributed by atoms with van der Waals surface area (Å²) in [4.78, 5) is 22.0. The van der Waals surface area contributed by atoms with E-state index in [2.05, 4.69) is 26.1 Å². The first-order valence-corrected chi connectivity index (χ1v) is 6.49. The Bertz CT molecular complexity index is 460. The van der Waals surface area contributed by atoms with Crippen molar-refractivity contribution in [1.29, 1.82) is 0 Å². The molecule has 0 radical (unpaired) electrons. The van der Waals surface area contributed by atoms with Crippen LogP contribution in [0.15, 0.2) is 24.3 Å². The number of nitrogens with one attached hydrogen (secondary N) is 1. The second kappa shape index (κ2) is 7.05. The summed E-state index contributed by atoms with van der Waals surface area (Å²) in [6.07, 6.45) is 0. The van der Waals surface area contributed by atoms with Gasteiger partial charge < -0.3 is 15.2 Å². The highest BCUT2D eigenvalue weighted by Gasteiger charge is 2.14. The normalized spacial score (nSPS) is 11.2. The number of amides is 1. The Morgan fingerprint density at radius 3 is 2.30 bits per heavy atom. The number of aliphatic carboxylic acids is 1. The van der Waals surface area contributed by atoms with Crippen molar-refractivity contribution in [3.63, 3.8) is 0 Å². The van der Waals surface area contributed by atoms with E-state index in [0.29, 0.717) is 5.56 Å². The van der Waals surface area contributed by atoms with Gasteiger partial charge in [-0.3, -0.25) is 4.79 Å². The molecule has 0 saturated carbocycles. The molecule has 1 aromatic carbocycles. The third-order valence-corrected chi connectivity index (χ3v) is 2.77. The predicted molar refractivity (Wildman–Crippen MR) is 75.9 cm³/mol. The lowest BCUT2D eigenvalue weighted by Crippen LogP contribution is -2.28. The van der Waals surface area contributed by atoms with Gasteiger partial charge in [-0.2, -0.15) is 0 Å². The molecule has 5 heteroatoms. The number of carbonyl (C=O) groups excluding carboxylic acids is 1. The number of ether oxygens (including phenoxy) is 1. The van der Waals surface area contributed by atoms with Crippen LogP contribution in [0.3, 0.4) is 0 Å². The molecule has 0 aliphatic rings. The number of benzene rings is 1. The Morgan fingerprint density at radius 2 is 1.80 bits per heavy atom. The average Bonchev–Trinajstić information content (AvgIpc) is 2.37. The number of carboxylic acid groups (broad SMARTS) is 1. The van der Waals surface area contributed by atoms with E-state index in [0.717, 1.165) is 0 Å². The molecule has 0 aromatic heterocycles. The van der Waals surface area contributed by atoms with Gasteiger partial charge in [-0.05, 0) is 23.1 Å². The fraction of sp³-hybridized carbons (Fsp3) is 0.467. The van der Waals surface area contributed by atoms with E-state index < -0.39 is 5.97 Å². The molecule has 0 aliphatic heterocycles. The molecule has 0 bridgehead atoms. The third-order valence-electron chi connectivity index (χ3n) is 2.77. The first-order chi connectivity index (χ1) is 9.30. The first-order valence-electron chi connectivity index (χ1n) is 6.49. The zero-order valence-electron chi connectivity index (χ0n) is 12.1. The zero-order chi connectivity index (χ0) is 15.2. The maximum Gasteiger partial charge on any atom is 0.329 e. The van der Waals surface area contributed by atoms with Crippen molar-refractivity contribution < 1.29 is 19.4 Å². The van der Waals surface area contributed by atoms with Gasteiger partial charge in [0.15, 0.2) is 0 Å². The van der Waals surface area contributed by atoms with Crippen molar-refractivity contribution in [3.05, 3.63) is 35.4 Å². The second-order valence-corrected chi connectivity index (χ2v) is 5.53. The number of hydrogen-bond acceptors (Lipinski definition) is 3. The molecular weight excluding hydrogens is 258 g/mol. The molecular formula is C15H21NO4. The van der Waals surface area contributed by atoms with E-state index in [1.165, 1.54) is 5.56 Å². The minimum Gasteiger partial charge on any atom is -0.480 e. The SMILES string of the molecule is CC(C)(C)c1ccc(C(=O)NCCOCC(=O)O)cc1. The van der Waals surface area contributed by atoms with Crippen LogP contribution in [0.1, 0.15) is 36.7 Å². The number of carboxylic acids is 1. The largest absolute Gasteiger partial charge is 0.480 e. The zero-order valence-corrected chi connectivity index (χ0v) is 12.1. The summed E-state index contributed by atoms with van der Waals surface area (Å²) in [6, 6.07) is 7.45. The maximum atomic E-state index is 11.8. The average molecular weight is 279 g/mol. The molecule has 1 amide bonds. The molecule has 1 aromatic rings. The van der Waals surface area contributed by atoms with Gasteiger partial charge in [0.05, 0.1) is 6.61 Å². The van der Waals surface area contributed by atoms with Crippen molar-refractivity contribution in [2.45, 2.75) is 26.2 Å². The number of carbonyl (C=O) groups is 2. The summed E-state index contributed by atoms with van der Waals surface area (Å²) in [7, 11) is 0. The third kappa shape index (κ3) is 5.40. The van der Waals surface area contributed by atoms with Crippen LogP contribution in [0.25, 0.3) is 0 Å². The van der Waals surface area contributed by atoms with Gasteiger partial charge >= 0.3 is 5.97 Å². The maximum absolute atomic E-state index is 11.8. The van der Waals surface area contributed by atoms with Crippen LogP contribution in [0, 0.1) is 0 Å². The summed E-state index contributed by atoms with van der Waals surface area (Å²) in [5, 5.41) is 11.1. The summed E-state index contributed by atoms with van der Waals surface area (Å²) in [6.45, 7) is 6.45. The second-order valence-electron chi connectivity index (χ2n) is 5.53. The highest BCUT2D eigenvalue weighted by Crippen LogP contribution is 2.22. The monoisotopic (exact) mass is 279 g/mol. The summed E-state index contributed by atoms with van der Waals surface area (Å²) < 4.78 is 4.83. The Balaban J connectivity index is 2.42. The summed E-state index contributed by atoms with van der Waals surface area (Å²) >= 11 is 0. The lowest BCUT2D eigenvalue weighted by atomic mass is 9.87. The molecule has 0 saturated heterocycles. The van der Waals surface area contributed by atoms with Gasteiger partial charge in [0, 0.05) is 12.1 Å². The van der Waals surface area contributed by atoms with Gasteiger partial charge in [0.25, 0.3) is 5.91 Å². The minimum atomic E-state index is -1.02. The Hall–Kier alpha value is -1.88. The van der Waals surface area contributed by atoms with E-state index in [1.807, 2.05) is 12.1 Å². The van der Waals surface area contributed by atoms with Gasteiger partial charge in [-0.1, -0.05) is 32.9 Å². The van der Waals surface area contributed by atoms with Crippen molar-refractivity contribution in [3.8, 4) is 0 Å². The molecule has 0 fully saturated rings. The van der Waals surface area contributed by atoms with E-state index in [-0.39, 0.29) is 31.1 Å². The highest BCUT2D eigenvalue weighted by molar-refractivity contribution is 5.94. The van der Waals surface area contributed by atoms with Crippen LogP contribution in [0.5, 0.6) is 0 Å². The van der Waals surface area contributed by atoms with Crippen molar-refractivity contribution in [1.82, 2.24) is 5.32 Å². The van der Waals surface area contributed by atoms with Crippen molar-refractivity contribution >= 4 is 11.9 Å². The molecule has 0 aliphatic carbocycles. The Kier molecular flexibility index (Phi) is 5.70. The van der Waals surface area contributed by atoms with Gasteiger partial charge in [-0.15, -0.1) is 0 Å². The molecule has 0 atom stereocenters. The molecule has 0 spiro atoms. The van der Waals surface area contributed by atoms with Crippen LogP contribution in [-0.2, 0) is 14.9 Å². The molecule has 0 heterocycles. The topological polar surface area (TPSA) is 75.6 Å². The van der Waals surface area contributed by atoms with Crippen molar-refractivity contribution in [2.75, 3.05) is 19.8 Å². The van der Waals surface area contributed by atoms with E-state index in [9.17, 15) is 9.59 Å². The number of hydrogen-bond donors (Lipinski definition) is 2. The molecule has 110 valence electrons. The minimum absolute atomic E-state index is 0.0552.